The van der Waals surface area contributed by atoms with Gasteiger partial charge in [-0.05, 0) is 12.2 Å². The molecule has 0 aromatic carbocycles. The molecule has 1 saturated heterocycles. The molecule has 0 bridgehead atoms. The highest BCUT2D eigenvalue weighted by Gasteiger charge is 2.12. The van der Waals surface area contributed by atoms with E-state index in [1.807, 2.05) is 11.8 Å². The molecule has 1 rings (SSSR count). The molecule has 1 nitrogen and oxygen atoms in total. The van der Waals surface area contributed by atoms with Crippen LogP contribution in [0.25, 0.3) is 0 Å². The van der Waals surface area contributed by atoms with Gasteiger partial charge >= 0.3 is 0 Å². The Morgan fingerprint density at radius 3 is 2.86 bits per heavy atom. The number of hydrogen-bond donors (Lipinski definition) is 0. The molecule has 1 fully saturated rings. The SMILES string of the molecule is CO[C@@H]1CCSC1. The molecule has 0 saturated carbocycles. The van der Waals surface area contributed by atoms with E-state index in [0.717, 1.165) is 0 Å². The second-order valence-electron chi connectivity index (χ2n) is 1.72. The first-order valence-electron chi connectivity index (χ1n) is 2.54. The monoisotopic (exact) mass is 118 g/mol. The van der Waals surface area contributed by atoms with Crippen LogP contribution >= 0.6 is 11.8 Å². The average Bonchev–Trinajstić information content (AvgIpc) is 2.14. The van der Waals surface area contributed by atoms with Crippen LogP contribution < -0.4 is 0 Å². The Balaban J connectivity index is 2.14. The number of ether oxygens (including phenoxy) is 1. The zero-order valence-corrected chi connectivity index (χ0v) is 5.33. The van der Waals surface area contributed by atoms with Crippen LogP contribution in [0.15, 0.2) is 0 Å². The fraction of sp³-hybridized carbons (Fsp3) is 1.00. The van der Waals surface area contributed by atoms with Crippen LogP contribution in [-0.2, 0) is 4.74 Å². The summed E-state index contributed by atoms with van der Waals surface area (Å²) in [5, 5.41) is 0. The highest BCUT2D eigenvalue weighted by molar-refractivity contribution is 7.99. The van der Waals surface area contributed by atoms with Crippen LogP contribution in [0.1, 0.15) is 6.42 Å². The molecule has 0 spiro atoms. The molecule has 2 heteroatoms. The molecule has 1 aliphatic heterocycles. The predicted molar refractivity (Wildman–Crippen MR) is 32.7 cm³/mol. The van der Waals surface area contributed by atoms with Gasteiger partial charge in [-0.3, -0.25) is 0 Å². The maximum atomic E-state index is 5.09. The smallest absolute Gasteiger partial charge is 0.0669 e. The van der Waals surface area contributed by atoms with Gasteiger partial charge in [-0.1, -0.05) is 0 Å². The van der Waals surface area contributed by atoms with Crippen molar-refractivity contribution in [3.05, 3.63) is 0 Å². The van der Waals surface area contributed by atoms with Crippen LogP contribution in [-0.4, -0.2) is 24.7 Å². The van der Waals surface area contributed by atoms with Crippen molar-refractivity contribution in [1.82, 2.24) is 0 Å². The quantitative estimate of drug-likeness (QED) is 0.510. The minimum absolute atomic E-state index is 0.560. The van der Waals surface area contributed by atoms with Crippen molar-refractivity contribution < 1.29 is 4.74 Å². The Labute approximate surface area is 48.4 Å². The summed E-state index contributed by atoms with van der Waals surface area (Å²) in [7, 11) is 1.79. The molecular formula is C5H10OS. The molecule has 0 aromatic heterocycles. The van der Waals surface area contributed by atoms with E-state index >= 15 is 0 Å². The summed E-state index contributed by atoms with van der Waals surface area (Å²) in [6.07, 6.45) is 1.81. The van der Waals surface area contributed by atoms with Crippen molar-refractivity contribution in [2.75, 3.05) is 18.6 Å². The number of rotatable bonds is 1. The van der Waals surface area contributed by atoms with Gasteiger partial charge in [0.1, 0.15) is 0 Å². The normalized spacial score (nSPS) is 31.3. The average molecular weight is 118 g/mol. The van der Waals surface area contributed by atoms with Gasteiger partial charge in [0.15, 0.2) is 0 Å². The van der Waals surface area contributed by atoms with E-state index in [0.29, 0.717) is 6.10 Å². The van der Waals surface area contributed by atoms with Gasteiger partial charge in [-0.2, -0.15) is 11.8 Å². The van der Waals surface area contributed by atoms with Gasteiger partial charge in [0.05, 0.1) is 6.10 Å². The first kappa shape index (κ1) is 5.45. The highest BCUT2D eigenvalue weighted by atomic mass is 32.2. The van der Waals surface area contributed by atoms with Gasteiger partial charge in [0, 0.05) is 12.9 Å². The molecule has 0 unspecified atom stereocenters. The Bertz CT molecular complexity index is 50.0. The molecular weight excluding hydrogens is 108 g/mol. The number of methoxy groups -OCH3 is 1. The number of hydrogen-bond acceptors (Lipinski definition) is 2. The zero-order valence-electron chi connectivity index (χ0n) is 4.52. The second kappa shape index (κ2) is 2.58. The highest BCUT2D eigenvalue weighted by Crippen LogP contribution is 2.18. The van der Waals surface area contributed by atoms with Crippen molar-refractivity contribution in [1.29, 1.82) is 0 Å². The van der Waals surface area contributed by atoms with Crippen LogP contribution in [0.4, 0.5) is 0 Å². The van der Waals surface area contributed by atoms with E-state index in [1.54, 1.807) is 7.11 Å². The van der Waals surface area contributed by atoms with Crippen molar-refractivity contribution >= 4 is 11.8 Å². The van der Waals surface area contributed by atoms with Gasteiger partial charge < -0.3 is 4.74 Å². The third-order valence-electron chi connectivity index (χ3n) is 1.22. The molecule has 7 heavy (non-hydrogen) atoms. The Morgan fingerprint density at radius 2 is 2.57 bits per heavy atom. The third-order valence-corrected chi connectivity index (χ3v) is 2.35. The minimum Gasteiger partial charge on any atom is -0.381 e. The molecule has 1 heterocycles. The number of thioether (sulfide) groups is 1. The zero-order chi connectivity index (χ0) is 5.11. The maximum Gasteiger partial charge on any atom is 0.0669 e. The van der Waals surface area contributed by atoms with Gasteiger partial charge in [-0.15, -0.1) is 0 Å². The largest absolute Gasteiger partial charge is 0.381 e. The summed E-state index contributed by atoms with van der Waals surface area (Å²) in [4.78, 5) is 0. The maximum absolute atomic E-state index is 5.09. The summed E-state index contributed by atoms with van der Waals surface area (Å²) >= 11 is 1.98. The van der Waals surface area contributed by atoms with Gasteiger partial charge in [0.2, 0.25) is 0 Å². The van der Waals surface area contributed by atoms with Crippen molar-refractivity contribution in [2.24, 2.45) is 0 Å². The minimum atomic E-state index is 0.560. The van der Waals surface area contributed by atoms with E-state index in [1.165, 1.54) is 17.9 Å². The van der Waals surface area contributed by atoms with Crippen molar-refractivity contribution in [3.8, 4) is 0 Å². The summed E-state index contributed by atoms with van der Waals surface area (Å²) in [5.41, 5.74) is 0. The summed E-state index contributed by atoms with van der Waals surface area (Å²) in [6, 6.07) is 0. The Morgan fingerprint density at radius 1 is 1.71 bits per heavy atom. The van der Waals surface area contributed by atoms with Crippen molar-refractivity contribution in [2.45, 2.75) is 12.5 Å². The van der Waals surface area contributed by atoms with E-state index in [2.05, 4.69) is 0 Å². The summed E-state index contributed by atoms with van der Waals surface area (Å²) < 4.78 is 5.09. The first-order valence-corrected chi connectivity index (χ1v) is 3.69. The van der Waals surface area contributed by atoms with Gasteiger partial charge in [0.25, 0.3) is 0 Å². The predicted octanol–water partition coefficient (Wildman–Crippen LogP) is 1.14. The Hall–Kier alpha value is 0.310. The lowest BCUT2D eigenvalue weighted by Gasteiger charge is -2.01. The molecule has 0 aromatic rings. The van der Waals surface area contributed by atoms with Crippen LogP contribution in [0.3, 0.4) is 0 Å². The summed E-state index contributed by atoms with van der Waals surface area (Å²) in [6.45, 7) is 0. The molecule has 42 valence electrons. The lowest BCUT2D eigenvalue weighted by molar-refractivity contribution is 0.124. The van der Waals surface area contributed by atoms with Crippen molar-refractivity contribution in [3.63, 3.8) is 0 Å². The molecule has 0 aliphatic carbocycles. The Kier molecular flexibility index (Phi) is 2.00. The fourth-order valence-electron chi connectivity index (χ4n) is 0.699. The lowest BCUT2D eigenvalue weighted by atomic mass is 10.3. The first-order chi connectivity index (χ1) is 3.43. The van der Waals surface area contributed by atoms with E-state index in [9.17, 15) is 0 Å². The van der Waals surface area contributed by atoms with E-state index in [-0.39, 0.29) is 0 Å². The molecule has 0 radical (unpaired) electrons. The second-order valence-corrected chi connectivity index (χ2v) is 2.87. The lowest BCUT2D eigenvalue weighted by Crippen LogP contribution is -2.06. The molecule has 1 aliphatic rings. The van der Waals surface area contributed by atoms with E-state index in [4.69, 9.17) is 4.74 Å². The molecule has 1 atom stereocenters. The van der Waals surface area contributed by atoms with Crippen LogP contribution in [0.2, 0.25) is 0 Å². The third kappa shape index (κ3) is 1.35. The van der Waals surface area contributed by atoms with Crippen LogP contribution in [0.5, 0.6) is 0 Å². The standard InChI is InChI=1S/C5H10OS/c1-6-5-2-3-7-4-5/h5H,2-4H2,1H3/t5-/m1/s1. The summed E-state index contributed by atoms with van der Waals surface area (Å²) in [5.74, 6) is 2.50. The molecule has 0 N–H and O–H groups in total. The topological polar surface area (TPSA) is 9.23 Å². The molecule has 0 amide bonds. The van der Waals surface area contributed by atoms with E-state index < -0.39 is 0 Å². The van der Waals surface area contributed by atoms with Crippen LogP contribution in [0, 0.1) is 0 Å². The van der Waals surface area contributed by atoms with Gasteiger partial charge in [-0.25, -0.2) is 0 Å². The fourth-order valence-corrected chi connectivity index (χ4v) is 1.86.